The Hall–Kier alpha value is -1.93. The predicted molar refractivity (Wildman–Crippen MR) is 113 cm³/mol. The van der Waals surface area contributed by atoms with Crippen LogP contribution in [0.1, 0.15) is 40.1 Å². The third-order valence-corrected chi connectivity index (χ3v) is 5.42. The highest BCUT2D eigenvalue weighted by Crippen LogP contribution is 2.15. The predicted octanol–water partition coefficient (Wildman–Crippen LogP) is 3.47. The molecule has 0 spiro atoms. The summed E-state index contributed by atoms with van der Waals surface area (Å²) in [5.74, 6) is -0.0807. The van der Waals surface area contributed by atoms with Gasteiger partial charge >= 0.3 is 0 Å². The number of morpholine rings is 1. The molecule has 27 heavy (non-hydrogen) atoms. The first-order valence-electron chi connectivity index (χ1n) is 9.00. The molecule has 2 atom stereocenters. The first-order valence-corrected chi connectivity index (χ1v) is 10.1. The lowest BCUT2D eigenvalue weighted by atomic mass is 10.1. The largest absolute Gasteiger partial charge is 0.372 e. The number of carbonyl (C=O) groups is 2. The van der Waals surface area contributed by atoms with Crippen LogP contribution in [0.15, 0.2) is 48.5 Å². The van der Waals surface area contributed by atoms with Crippen LogP contribution in [0.3, 0.4) is 0 Å². The second kappa shape index (κ2) is 8.84. The lowest BCUT2D eigenvalue weighted by Gasteiger charge is -2.35. The van der Waals surface area contributed by atoms with E-state index in [4.69, 9.17) is 4.74 Å². The maximum atomic E-state index is 12.7. The summed E-state index contributed by atoms with van der Waals surface area (Å²) in [6.45, 7) is 5.60. The zero-order valence-electron chi connectivity index (χ0n) is 15.4. The van der Waals surface area contributed by atoms with Crippen LogP contribution in [0, 0.1) is 3.57 Å². The average Bonchev–Trinajstić information content (AvgIpc) is 2.65. The molecule has 1 heterocycles. The van der Waals surface area contributed by atoms with Crippen LogP contribution in [0.25, 0.3) is 0 Å². The molecule has 3 rings (SSSR count). The van der Waals surface area contributed by atoms with Crippen molar-refractivity contribution in [2.75, 3.05) is 13.1 Å². The van der Waals surface area contributed by atoms with Crippen molar-refractivity contribution in [3.8, 4) is 0 Å². The molecule has 2 aromatic rings. The van der Waals surface area contributed by atoms with Crippen LogP contribution in [0.5, 0.6) is 0 Å². The normalized spacial score (nSPS) is 19.6. The Morgan fingerprint density at radius 2 is 1.70 bits per heavy atom. The highest BCUT2D eigenvalue weighted by Gasteiger charge is 2.26. The Balaban J connectivity index is 1.59. The van der Waals surface area contributed by atoms with Gasteiger partial charge in [-0.15, -0.1) is 0 Å². The standard InChI is InChI=1S/C21H23IN2O3/c1-14-12-24(13-15(2)27-14)21(26)17-9-7-16(8-10-17)11-23-20(25)18-5-3-4-6-19(18)22/h3-10,14-15H,11-13H2,1-2H3,(H,23,25). The fraction of sp³-hybridized carbons (Fsp3) is 0.333. The lowest BCUT2D eigenvalue weighted by Crippen LogP contribution is -2.48. The Morgan fingerprint density at radius 3 is 2.33 bits per heavy atom. The number of benzene rings is 2. The lowest BCUT2D eigenvalue weighted by molar-refractivity contribution is -0.0586. The van der Waals surface area contributed by atoms with Gasteiger partial charge in [-0.1, -0.05) is 24.3 Å². The summed E-state index contributed by atoms with van der Waals surface area (Å²) in [7, 11) is 0. The molecule has 1 aliphatic heterocycles. The van der Waals surface area contributed by atoms with E-state index in [0.29, 0.717) is 30.8 Å². The number of carbonyl (C=O) groups excluding carboxylic acids is 2. The smallest absolute Gasteiger partial charge is 0.254 e. The van der Waals surface area contributed by atoms with Gasteiger partial charge in [-0.25, -0.2) is 0 Å². The summed E-state index contributed by atoms with van der Waals surface area (Å²) >= 11 is 2.15. The van der Waals surface area contributed by atoms with Gasteiger partial charge in [-0.3, -0.25) is 9.59 Å². The Bertz CT molecular complexity index is 812. The van der Waals surface area contributed by atoms with E-state index in [9.17, 15) is 9.59 Å². The molecule has 6 heteroatoms. The van der Waals surface area contributed by atoms with Crippen molar-refractivity contribution < 1.29 is 14.3 Å². The molecule has 142 valence electrons. The van der Waals surface area contributed by atoms with E-state index >= 15 is 0 Å². The maximum absolute atomic E-state index is 12.7. The number of halogens is 1. The van der Waals surface area contributed by atoms with Crippen LogP contribution in [-0.4, -0.2) is 42.0 Å². The summed E-state index contributed by atoms with van der Waals surface area (Å²) in [6, 6.07) is 14.9. The van der Waals surface area contributed by atoms with Crippen molar-refractivity contribution in [3.05, 3.63) is 68.8 Å². The molecule has 0 aliphatic carbocycles. The summed E-state index contributed by atoms with van der Waals surface area (Å²) in [4.78, 5) is 26.8. The van der Waals surface area contributed by atoms with Crippen LogP contribution in [0.4, 0.5) is 0 Å². The van der Waals surface area contributed by atoms with Gasteiger partial charge in [0.15, 0.2) is 0 Å². The molecule has 0 radical (unpaired) electrons. The molecular weight excluding hydrogens is 455 g/mol. The van der Waals surface area contributed by atoms with Crippen molar-refractivity contribution >= 4 is 34.4 Å². The van der Waals surface area contributed by atoms with Gasteiger partial charge in [0, 0.05) is 28.8 Å². The van der Waals surface area contributed by atoms with Crippen molar-refractivity contribution in [1.82, 2.24) is 10.2 Å². The number of nitrogens with one attached hydrogen (secondary N) is 1. The zero-order valence-corrected chi connectivity index (χ0v) is 17.6. The van der Waals surface area contributed by atoms with Crippen molar-refractivity contribution in [2.45, 2.75) is 32.6 Å². The van der Waals surface area contributed by atoms with Crippen molar-refractivity contribution in [2.24, 2.45) is 0 Å². The first kappa shape index (κ1) is 19.8. The Kier molecular flexibility index (Phi) is 6.49. The highest BCUT2D eigenvalue weighted by molar-refractivity contribution is 14.1. The molecular formula is C21H23IN2O3. The topological polar surface area (TPSA) is 58.6 Å². The van der Waals surface area contributed by atoms with E-state index in [1.165, 1.54) is 0 Å². The van der Waals surface area contributed by atoms with Gasteiger partial charge in [0.1, 0.15) is 0 Å². The molecule has 1 aliphatic rings. The van der Waals surface area contributed by atoms with Gasteiger partial charge in [0.05, 0.1) is 17.8 Å². The minimum absolute atomic E-state index is 0.0198. The summed E-state index contributed by atoms with van der Waals surface area (Å²) in [5.41, 5.74) is 2.28. The molecule has 1 N–H and O–H groups in total. The minimum atomic E-state index is -0.101. The van der Waals surface area contributed by atoms with Crippen LogP contribution < -0.4 is 5.32 Å². The molecule has 2 aromatic carbocycles. The van der Waals surface area contributed by atoms with Crippen LogP contribution >= 0.6 is 22.6 Å². The number of rotatable bonds is 4. The van der Waals surface area contributed by atoms with E-state index in [-0.39, 0.29) is 24.0 Å². The number of hydrogen-bond donors (Lipinski definition) is 1. The van der Waals surface area contributed by atoms with E-state index in [0.717, 1.165) is 9.13 Å². The Labute approximate surface area is 173 Å². The van der Waals surface area contributed by atoms with Crippen LogP contribution in [-0.2, 0) is 11.3 Å². The summed E-state index contributed by atoms with van der Waals surface area (Å²) in [6.07, 6.45) is 0.0981. The van der Waals surface area contributed by atoms with E-state index < -0.39 is 0 Å². The molecule has 0 bridgehead atoms. The van der Waals surface area contributed by atoms with Gasteiger partial charge in [0.25, 0.3) is 11.8 Å². The van der Waals surface area contributed by atoms with E-state index in [1.807, 2.05) is 67.3 Å². The molecule has 1 saturated heterocycles. The Morgan fingerprint density at radius 1 is 1.07 bits per heavy atom. The van der Waals surface area contributed by atoms with Gasteiger partial charge in [-0.05, 0) is 66.3 Å². The molecule has 0 aromatic heterocycles. The van der Waals surface area contributed by atoms with Crippen molar-refractivity contribution in [3.63, 3.8) is 0 Å². The van der Waals surface area contributed by atoms with E-state index in [1.54, 1.807) is 0 Å². The molecule has 5 nitrogen and oxygen atoms in total. The molecule has 2 unspecified atom stereocenters. The quantitative estimate of drug-likeness (QED) is 0.685. The number of ether oxygens (including phenoxy) is 1. The fourth-order valence-electron chi connectivity index (χ4n) is 3.21. The van der Waals surface area contributed by atoms with Crippen LogP contribution in [0.2, 0.25) is 0 Å². The zero-order chi connectivity index (χ0) is 19.4. The molecule has 0 saturated carbocycles. The van der Waals surface area contributed by atoms with Crippen molar-refractivity contribution in [1.29, 1.82) is 0 Å². The molecule has 1 fully saturated rings. The maximum Gasteiger partial charge on any atom is 0.254 e. The van der Waals surface area contributed by atoms with Gasteiger partial charge in [-0.2, -0.15) is 0 Å². The van der Waals surface area contributed by atoms with Gasteiger partial charge in [0.2, 0.25) is 0 Å². The first-order chi connectivity index (χ1) is 12.9. The summed E-state index contributed by atoms with van der Waals surface area (Å²) < 4.78 is 6.61. The summed E-state index contributed by atoms with van der Waals surface area (Å²) in [5, 5.41) is 2.92. The fourth-order valence-corrected chi connectivity index (χ4v) is 3.85. The second-order valence-electron chi connectivity index (χ2n) is 6.83. The number of nitrogens with zero attached hydrogens (tertiary/aromatic N) is 1. The number of amides is 2. The third-order valence-electron chi connectivity index (χ3n) is 4.48. The monoisotopic (exact) mass is 478 g/mol. The molecule has 2 amide bonds. The second-order valence-corrected chi connectivity index (χ2v) is 7.99. The highest BCUT2D eigenvalue weighted by atomic mass is 127. The minimum Gasteiger partial charge on any atom is -0.372 e. The number of hydrogen-bond acceptors (Lipinski definition) is 3. The average molecular weight is 478 g/mol. The SMILES string of the molecule is CC1CN(C(=O)c2ccc(CNC(=O)c3ccccc3I)cc2)CC(C)O1. The van der Waals surface area contributed by atoms with E-state index in [2.05, 4.69) is 27.9 Å². The van der Waals surface area contributed by atoms with Gasteiger partial charge < -0.3 is 15.0 Å². The third kappa shape index (κ3) is 5.07.